The van der Waals surface area contributed by atoms with Crippen molar-refractivity contribution in [2.24, 2.45) is 0 Å². The first-order valence-electron chi connectivity index (χ1n) is 6.18. The second-order valence-corrected chi connectivity index (χ2v) is 3.87. The van der Waals surface area contributed by atoms with Crippen LogP contribution in [-0.4, -0.2) is 27.7 Å². The minimum atomic E-state index is -0.333. The maximum absolute atomic E-state index is 11.9. The average molecular weight is 260 g/mol. The Balaban J connectivity index is 2.01. The number of ether oxygens (including phenoxy) is 1. The quantitative estimate of drug-likeness (QED) is 0.861. The average Bonchev–Trinajstić information content (AvgIpc) is 2.90. The number of aryl methyl sites for hydroxylation is 1. The summed E-state index contributed by atoms with van der Waals surface area (Å²) in [6, 6.07) is 7.15. The Kier molecular flexibility index (Phi) is 4.12. The van der Waals surface area contributed by atoms with E-state index in [1.807, 2.05) is 13.8 Å². The molecular formula is C13H16N4O2. The first-order valence-corrected chi connectivity index (χ1v) is 6.18. The second-order valence-electron chi connectivity index (χ2n) is 3.87. The molecule has 6 heteroatoms. The van der Waals surface area contributed by atoms with Crippen LogP contribution in [0.1, 0.15) is 30.3 Å². The van der Waals surface area contributed by atoms with Crippen molar-refractivity contribution >= 4 is 11.6 Å². The number of hydrogen-bond donors (Lipinski definition) is 2. The molecule has 2 rings (SSSR count). The van der Waals surface area contributed by atoms with Crippen molar-refractivity contribution in [3.05, 3.63) is 35.9 Å². The summed E-state index contributed by atoms with van der Waals surface area (Å²) in [5.74, 6) is 1.27. The van der Waals surface area contributed by atoms with Gasteiger partial charge in [0.15, 0.2) is 0 Å². The molecule has 1 aromatic carbocycles. The number of carbonyl (C=O) groups excluding carboxylic acids is 1. The highest BCUT2D eigenvalue weighted by Crippen LogP contribution is 2.15. The van der Waals surface area contributed by atoms with E-state index in [9.17, 15) is 4.79 Å². The first-order chi connectivity index (χ1) is 9.22. The van der Waals surface area contributed by atoms with Crippen LogP contribution in [-0.2, 0) is 6.42 Å². The second kappa shape index (κ2) is 5.99. The van der Waals surface area contributed by atoms with Gasteiger partial charge in [0.2, 0.25) is 5.82 Å². The van der Waals surface area contributed by atoms with Gasteiger partial charge in [0.1, 0.15) is 11.6 Å². The summed E-state index contributed by atoms with van der Waals surface area (Å²) >= 11 is 0. The summed E-state index contributed by atoms with van der Waals surface area (Å²) in [6.45, 7) is 4.47. The molecule has 1 amide bonds. The van der Waals surface area contributed by atoms with Crippen molar-refractivity contribution in [2.75, 3.05) is 11.9 Å². The zero-order valence-corrected chi connectivity index (χ0v) is 10.9. The number of aromatic amines is 1. The van der Waals surface area contributed by atoms with Crippen LogP contribution in [0.25, 0.3) is 0 Å². The fourth-order valence-corrected chi connectivity index (χ4v) is 1.54. The Morgan fingerprint density at radius 3 is 2.63 bits per heavy atom. The lowest BCUT2D eigenvalue weighted by atomic mass is 10.3. The van der Waals surface area contributed by atoms with Gasteiger partial charge in [-0.05, 0) is 31.2 Å². The zero-order valence-electron chi connectivity index (χ0n) is 10.9. The van der Waals surface area contributed by atoms with Gasteiger partial charge in [0.05, 0.1) is 6.61 Å². The van der Waals surface area contributed by atoms with E-state index in [1.165, 1.54) is 0 Å². The molecule has 6 nitrogen and oxygen atoms in total. The smallest absolute Gasteiger partial charge is 0.295 e. The summed E-state index contributed by atoms with van der Waals surface area (Å²) in [5, 5.41) is 9.29. The molecule has 0 saturated carbocycles. The molecule has 0 bridgehead atoms. The molecule has 0 atom stereocenters. The molecule has 0 aliphatic carbocycles. The molecule has 1 heterocycles. The van der Waals surface area contributed by atoms with Gasteiger partial charge in [-0.3, -0.25) is 9.89 Å². The summed E-state index contributed by atoms with van der Waals surface area (Å²) in [7, 11) is 0. The number of anilines is 1. The topological polar surface area (TPSA) is 79.9 Å². The van der Waals surface area contributed by atoms with E-state index in [0.717, 1.165) is 5.75 Å². The van der Waals surface area contributed by atoms with Gasteiger partial charge in [-0.2, -0.15) is 0 Å². The van der Waals surface area contributed by atoms with Gasteiger partial charge in [0, 0.05) is 12.1 Å². The van der Waals surface area contributed by atoms with Crippen LogP contribution in [0.2, 0.25) is 0 Å². The lowest BCUT2D eigenvalue weighted by molar-refractivity contribution is 0.101. The minimum Gasteiger partial charge on any atom is -0.494 e. The highest BCUT2D eigenvalue weighted by Gasteiger charge is 2.11. The number of carbonyl (C=O) groups is 1. The number of aromatic nitrogens is 3. The maximum Gasteiger partial charge on any atom is 0.295 e. The minimum absolute atomic E-state index is 0.144. The molecule has 1 aromatic heterocycles. The molecule has 0 unspecified atom stereocenters. The number of amides is 1. The number of hydrogen-bond acceptors (Lipinski definition) is 4. The van der Waals surface area contributed by atoms with Crippen LogP contribution in [0.15, 0.2) is 24.3 Å². The lowest BCUT2D eigenvalue weighted by Gasteiger charge is -2.05. The Morgan fingerprint density at radius 1 is 1.32 bits per heavy atom. The van der Waals surface area contributed by atoms with Gasteiger partial charge >= 0.3 is 0 Å². The Labute approximate surface area is 111 Å². The van der Waals surface area contributed by atoms with Crippen molar-refractivity contribution < 1.29 is 9.53 Å². The Bertz CT molecular complexity index is 548. The lowest BCUT2D eigenvalue weighted by Crippen LogP contribution is -2.13. The van der Waals surface area contributed by atoms with E-state index in [4.69, 9.17) is 4.74 Å². The molecule has 0 saturated heterocycles. The molecule has 19 heavy (non-hydrogen) atoms. The highest BCUT2D eigenvalue weighted by atomic mass is 16.5. The normalized spacial score (nSPS) is 10.2. The van der Waals surface area contributed by atoms with Crippen LogP contribution in [0.5, 0.6) is 5.75 Å². The molecule has 0 spiro atoms. The fourth-order valence-electron chi connectivity index (χ4n) is 1.54. The Hall–Kier alpha value is -2.37. The SMILES string of the molecule is CCOc1ccc(NC(=O)c2n[nH]c(CC)n2)cc1. The first kappa shape index (κ1) is 13.1. The van der Waals surface area contributed by atoms with Crippen LogP contribution in [0.4, 0.5) is 5.69 Å². The summed E-state index contributed by atoms with van der Waals surface area (Å²) < 4.78 is 5.33. The zero-order chi connectivity index (χ0) is 13.7. The van der Waals surface area contributed by atoms with Gasteiger partial charge in [-0.25, -0.2) is 4.98 Å². The van der Waals surface area contributed by atoms with Crippen molar-refractivity contribution in [2.45, 2.75) is 20.3 Å². The highest BCUT2D eigenvalue weighted by molar-refractivity contribution is 6.01. The Morgan fingerprint density at radius 2 is 2.05 bits per heavy atom. The van der Waals surface area contributed by atoms with E-state index in [0.29, 0.717) is 24.5 Å². The molecule has 0 radical (unpaired) electrons. The largest absolute Gasteiger partial charge is 0.494 e. The van der Waals surface area contributed by atoms with E-state index < -0.39 is 0 Å². The molecule has 2 aromatic rings. The summed E-state index contributed by atoms with van der Waals surface area (Å²) in [6.07, 6.45) is 0.712. The molecular weight excluding hydrogens is 244 g/mol. The van der Waals surface area contributed by atoms with Crippen molar-refractivity contribution in [3.63, 3.8) is 0 Å². The number of nitrogens with one attached hydrogen (secondary N) is 2. The van der Waals surface area contributed by atoms with Gasteiger partial charge in [0.25, 0.3) is 5.91 Å². The summed E-state index contributed by atoms with van der Waals surface area (Å²) in [4.78, 5) is 15.9. The predicted octanol–water partition coefficient (Wildman–Crippen LogP) is 2.02. The number of H-pyrrole nitrogens is 1. The van der Waals surface area contributed by atoms with Gasteiger partial charge < -0.3 is 10.1 Å². The number of benzene rings is 1. The molecule has 2 N–H and O–H groups in total. The van der Waals surface area contributed by atoms with Gasteiger partial charge in [-0.1, -0.05) is 6.92 Å². The van der Waals surface area contributed by atoms with E-state index in [2.05, 4.69) is 20.5 Å². The third-order valence-electron chi connectivity index (χ3n) is 2.49. The van der Waals surface area contributed by atoms with Crippen molar-refractivity contribution in [1.29, 1.82) is 0 Å². The third kappa shape index (κ3) is 3.31. The van der Waals surface area contributed by atoms with Crippen molar-refractivity contribution in [1.82, 2.24) is 15.2 Å². The fraction of sp³-hybridized carbons (Fsp3) is 0.308. The van der Waals surface area contributed by atoms with E-state index in [-0.39, 0.29) is 11.7 Å². The molecule has 0 aliphatic rings. The molecule has 100 valence electrons. The standard InChI is InChI=1S/C13H16N4O2/c1-3-11-15-12(17-16-11)13(18)14-9-5-7-10(8-6-9)19-4-2/h5-8H,3-4H2,1-2H3,(H,14,18)(H,15,16,17). The predicted molar refractivity (Wildman–Crippen MR) is 71.3 cm³/mol. The monoisotopic (exact) mass is 260 g/mol. The maximum atomic E-state index is 11.9. The van der Waals surface area contributed by atoms with Gasteiger partial charge in [-0.15, -0.1) is 5.10 Å². The van der Waals surface area contributed by atoms with Crippen LogP contribution in [0.3, 0.4) is 0 Å². The van der Waals surface area contributed by atoms with Crippen molar-refractivity contribution in [3.8, 4) is 5.75 Å². The third-order valence-corrected chi connectivity index (χ3v) is 2.49. The van der Waals surface area contributed by atoms with E-state index in [1.54, 1.807) is 24.3 Å². The van der Waals surface area contributed by atoms with Crippen LogP contribution >= 0.6 is 0 Å². The molecule has 0 fully saturated rings. The number of nitrogens with zero attached hydrogens (tertiary/aromatic N) is 2. The number of rotatable bonds is 5. The van der Waals surface area contributed by atoms with E-state index >= 15 is 0 Å². The summed E-state index contributed by atoms with van der Waals surface area (Å²) in [5.41, 5.74) is 0.677. The van der Waals surface area contributed by atoms with Crippen LogP contribution in [0, 0.1) is 0 Å². The molecule has 0 aliphatic heterocycles. The van der Waals surface area contributed by atoms with Crippen LogP contribution < -0.4 is 10.1 Å².